The molecule has 104 valence electrons. The van der Waals surface area contributed by atoms with Crippen molar-refractivity contribution in [3.63, 3.8) is 0 Å². The van der Waals surface area contributed by atoms with Crippen molar-refractivity contribution in [3.05, 3.63) is 29.6 Å². The third kappa shape index (κ3) is 5.30. The van der Waals surface area contributed by atoms with Gasteiger partial charge in [0.2, 0.25) is 5.91 Å². The minimum atomic E-state index is -0.491. The number of rotatable bonds is 5. The molecule has 2 N–H and O–H groups in total. The second kappa shape index (κ2) is 7.13. The zero-order valence-corrected chi connectivity index (χ0v) is 11.8. The maximum Gasteiger partial charge on any atom is 0.251 e. The minimum Gasteiger partial charge on any atom is -0.354 e. The van der Waals surface area contributed by atoms with Gasteiger partial charge in [-0.25, -0.2) is 4.39 Å². The van der Waals surface area contributed by atoms with E-state index in [1.54, 1.807) is 0 Å². The van der Waals surface area contributed by atoms with Gasteiger partial charge < -0.3 is 10.6 Å². The Hall–Kier alpha value is -1.56. The number of hydrogen-bond donors (Lipinski definition) is 3. The summed E-state index contributed by atoms with van der Waals surface area (Å²) >= 11 is 3.89. The number of amides is 2. The summed E-state index contributed by atoms with van der Waals surface area (Å²) in [7, 11) is 0. The molecule has 6 heteroatoms. The molecule has 0 radical (unpaired) electrons. The maximum absolute atomic E-state index is 13.0. The molecule has 1 rings (SSSR count). The van der Waals surface area contributed by atoms with Gasteiger partial charge in [0.25, 0.3) is 5.91 Å². The summed E-state index contributed by atoms with van der Waals surface area (Å²) in [6.45, 7) is 4.41. The topological polar surface area (TPSA) is 58.2 Å². The first kappa shape index (κ1) is 15.5. The Morgan fingerprint density at radius 1 is 1.32 bits per heavy atom. The van der Waals surface area contributed by atoms with Crippen LogP contribution in [0, 0.1) is 11.7 Å². The highest BCUT2D eigenvalue weighted by Gasteiger charge is 2.09. The summed E-state index contributed by atoms with van der Waals surface area (Å²) in [4.78, 5) is 23.2. The number of thiol groups is 1. The lowest BCUT2D eigenvalue weighted by Crippen LogP contribution is -2.38. The van der Waals surface area contributed by atoms with Crippen LogP contribution in [0.4, 0.5) is 4.39 Å². The number of nitrogens with one attached hydrogen (secondary N) is 2. The van der Waals surface area contributed by atoms with Crippen LogP contribution in [0.5, 0.6) is 0 Å². The summed E-state index contributed by atoms with van der Waals surface area (Å²) in [5.74, 6) is -0.830. The van der Waals surface area contributed by atoms with Gasteiger partial charge in [-0.3, -0.25) is 9.59 Å². The van der Waals surface area contributed by atoms with E-state index in [4.69, 9.17) is 0 Å². The first-order valence-electron chi connectivity index (χ1n) is 5.93. The van der Waals surface area contributed by atoms with Crippen LogP contribution in [0.25, 0.3) is 0 Å². The predicted octanol–water partition coefficient (Wildman–Crippen LogP) is 1.62. The molecule has 19 heavy (non-hydrogen) atoms. The van der Waals surface area contributed by atoms with E-state index in [1.165, 1.54) is 12.1 Å². The SMILES string of the molecule is CC(C)CNC(=O)CNC(=O)c1ccc(F)c(S)c1. The molecule has 2 amide bonds. The Balaban J connectivity index is 2.47. The van der Waals surface area contributed by atoms with Crippen molar-refractivity contribution in [1.82, 2.24) is 10.6 Å². The summed E-state index contributed by atoms with van der Waals surface area (Å²) in [5.41, 5.74) is 0.267. The normalized spacial score (nSPS) is 10.4. The molecule has 0 unspecified atom stereocenters. The van der Waals surface area contributed by atoms with Gasteiger partial charge in [-0.05, 0) is 24.1 Å². The first-order chi connectivity index (χ1) is 8.90. The van der Waals surface area contributed by atoms with Crippen LogP contribution in [-0.4, -0.2) is 24.9 Å². The van der Waals surface area contributed by atoms with E-state index in [0.29, 0.717) is 12.5 Å². The van der Waals surface area contributed by atoms with E-state index in [1.807, 2.05) is 13.8 Å². The van der Waals surface area contributed by atoms with Gasteiger partial charge in [0.15, 0.2) is 0 Å². The standard InChI is InChI=1S/C13H17FN2O2S/c1-8(2)6-15-12(17)7-16-13(18)9-3-4-10(14)11(19)5-9/h3-5,8,19H,6-7H2,1-2H3,(H,15,17)(H,16,18). The predicted molar refractivity (Wildman–Crippen MR) is 73.8 cm³/mol. The van der Waals surface area contributed by atoms with E-state index in [0.717, 1.165) is 6.07 Å². The summed E-state index contributed by atoms with van der Waals surface area (Å²) in [6.07, 6.45) is 0. The molecule has 1 aromatic carbocycles. The molecular formula is C13H17FN2O2S. The van der Waals surface area contributed by atoms with E-state index in [-0.39, 0.29) is 22.9 Å². The number of benzene rings is 1. The van der Waals surface area contributed by atoms with Crippen molar-refractivity contribution in [3.8, 4) is 0 Å². The van der Waals surface area contributed by atoms with Gasteiger partial charge in [-0.2, -0.15) is 0 Å². The number of halogens is 1. The quantitative estimate of drug-likeness (QED) is 0.720. The molecule has 0 heterocycles. The zero-order chi connectivity index (χ0) is 14.4. The van der Waals surface area contributed by atoms with Gasteiger partial charge >= 0.3 is 0 Å². The molecule has 0 saturated carbocycles. The monoisotopic (exact) mass is 284 g/mol. The number of carbonyl (C=O) groups excluding carboxylic acids is 2. The molecule has 0 aromatic heterocycles. The molecule has 0 aliphatic carbocycles. The van der Waals surface area contributed by atoms with Crippen LogP contribution in [0.15, 0.2) is 23.1 Å². The highest BCUT2D eigenvalue weighted by atomic mass is 32.1. The van der Waals surface area contributed by atoms with E-state index < -0.39 is 11.7 Å². The number of carbonyl (C=O) groups is 2. The molecule has 4 nitrogen and oxygen atoms in total. The molecule has 0 saturated heterocycles. The second-order valence-electron chi connectivity index (χ2n) is 4.55. The molecule has 0 fully saturated rings. The van der Waals surface area contributed by atoms with Crippen LogP contribution < -0.4 is 10.6 Å². The lowest BCUT2D eigenvalue weighted by molar-refractivity contribution is -0.120. The van der Waals surface area contributed by atoms with Crippen molar-refractivity contribution in [2.45, 2.75) is 18.7 Å². The molecular weight excluding hydrogens is 267 g/mol. The van der Waals surface area contributed by atoms with Gasteiger partial charge in [0.1, 0.15) is 5.82 Å². The van der Waals surface area contributed by atoms with E-state index in [9.17, 15) is 14.0 Å². The minimum absolute atomic E-state index is 0.0944. The highest BCUT2D eigenvalue weighted by molar-refractivity contribution is 7.80. The summed E-state index contributed by atoms with van der Waals surface area (Å²) in [6, 6.07) is 3.83. The molecule has 0 atom stereocenters. The fraction of sp³-hybridized carbons (Fsp3) is 0.385. The Morgan fingerprint density at radius 3 is 2.58 bits per heavy atom. The van der Waals surface area contributed by atoms with Gasteiger partial charge in [-0.15, -0.1) is 12.6 Å². The van der Waals surface area contributed by atoms with Crippen LogP contribution in [-0.2, 0) is 4.79 Å². The Kier molecular flexibility index (Phi) is 5.82. The Morgan fingerprint density at radius 2 is 2.00 bits per heavy atom. The van der Waals surface area contributed by atoms with E-state index >= 15 is 0 Å². The average Bonchev–Trinajstić information content (AvgIpc) is 2.36. The van der Waals surface area contributed by atoms with Crippen molar-refractivity contribution in [2.24, 2.45) is 5.92 Å². The summed E-state index contributed by atoms with van der Waals surface area (Å²) in [5, 5.41) is 5.14. The van der Waals surface area contributed by atoms with E-state index in [2.05, 4.69) is 23.3 Å². The average molecular weight is 284 g/mol. The lowest BCUT2D eigenvalue weighted by Gasteiger charge is -2.09. The van der Waals surface area contributed by atoms with Crippen LogP contribution >= 0.6 is 12.6 Å². The maximum atomic E-state index is 13.0. The molecule has 0 bridgehead atoms. The fourth-order valence-electron chi connectivity index (χ4n) is 1.30. The van der Waals surface area contributed by atoms with Gasteiger partial charge in [0, 0.05) is 17.0 Å². The molecule has 1 aromatic rings. The highest BCUT2D eigenvalue weighted by Crippen LogP contribution is 2.13. The van der Waals surface area contributed by atoms with Crippen molar-refractivity contribution >= 4 is 24.4 Å². The smallest absolute Gasteiger partial charge is 0.251 e. The lowest BCUT2D eigenvalue weighted by atomic mass is 10.2. The van der Waals surface area contributed by atoms with Crippen LogP contribution in [0.1, 0.15) is 24.2 Å². The van der Waals surface area contributed by atoms with Gasteiger partial charge in [0.05, 0.1) is 6.54 Å². The molecule has 0 aliphatic rings. The molecule has 0 aliphatic heterocycles. The van der Waals surface area contributed by atoms with Crippen LogP contribution in [0.2, 0.25) is 0 Å². The van der Waals surface area contributed by atoms with Crippen molar-refractivity contribution in [2.75, 3.05) is 13.1 Å². The van der Waals surface area contributed by atoms with Crippen molar-refractivity contribution in [1.29, 1.82) is 0 Å². The Labute approximate surface area is 117 Å². The number of hydrogen-bond acceptors (Lipinski definition) is 3. The third-order valence-corrected chi connectivity index (χ3v) is 2.67. The fourth-order valence-corrected chi connectivity index (χ4v) is 1.51. The third-order valence-electron chi connectivity index (χ3n) is 2.33. The van der Waals surface area contributed by atoms with Crippen molar-refractivity contribution < 1.29 is 14.0 Å². The first-order valence-corrected chi connectivity index (χ1v) is 6.38. The van der Waals surface area contributed by atoms with Crippen LogP contribution in [0.3, 0.4) is 0 Å². The zero-order valence-electron chi connectivity index (χ0n) is 10.9. The largest absolute Gasteiger partial charge is 0.354 e. The summed E-state index contributed by atoms with van der Waals surface area (Å²) < 4.78 is 13.0. The Bertz CT molecular complexity index is 478. The second-order valence-corrected chi connectivity index (χ2v) is 5.03. The molecule has 0 spiro atoms. The van der Waals surface area contributed by atoms with Gasteiger partial charge in [-0.1, -0.05) is 13.8 Å².